The van der Waals surface area contributed by atoms with Crippen molar-refractivity contribution in [1.29, 1.82) is 0 Å². The van der Waals surface area contributed by atoms with E-state index < -0.39 is 0 Å². The molecule has 0 bridgehead atoms. The second-order valence-corrected chi connectivity index (χ2v) is 6.68. The third-order valence-electron chi connectivity index (χ3n) is 3.26. The number of halogens is 1. The number of hydrogen-bond donors (Lipinski definition) is 1. The first-order valence-corrected chi connectivity index (χ1v) is 8.24. The summed E-state index contributed by atoms with van der Waals surface area (Å²) in [5, 5.41) is 3.43. The molecule has 6 heteroatoms. The topological polar surface area (TPSA) is 55.4 Å². The molecule has 0 aliphatic heterocycles. The highest BCUT2D eigenvalue weighted by Crippen LogP contribution is 2.38. The molecule has 21 heavy (non-hydrogen) atoms. The van der Waals surface area contributed by atoms with Crippen LogP contribution in [0.4, 0.5) is 0 Å². The molecule has 1 amide bonds. The zero-order chi connectivity index (χ0) is 15.2. The molecule has 2 rings (SSSR count). The summed E-state index contributed by atoms with van der Waals surface area (Å²) in [7, 11) is 0. The molecule has 2 atom stereocenters. The van der Waals surface area contributed by atoms with E-state index in [1.165, 1.54) is 0 Å². The summed E-state index contributed by atoms with van der Waals surface area (Å²) < 4.78 is 4.95. The second kappa shape index (κ2) is 7.71. The Hall–Kier alpha value is -1.20. The maximum atomic E-state index is 11.5. The monoisotopic (exact) mass is 327 g/mol. The summed E-state index contributed by atoms with van der Waals surface area (Å²) in [5.41, 5.74) is 0. The fourth-order valence-electron chi connectivity index (χ4n) is 1.84. The Morgan fingerprint density at radius 3 is 2.67 bits per heavy atom. The predicted molar refractivity (Wildman–Crippen MR) is 83.4 cm³/mol. The van der Waals surface area contributed by atoms with Crippen LogP contribution in [0.1, 0.15) is 13.3 Å². The molecule has 0 heterocycles. The van der Waals surface area contributed by atoms with Gasteiger partial charge in [-0.25, -0.2) is 0 Å². The normalized spacial score (nSPS) is 19.9. The number of rotatable bonds is 7. The zero-order valence-corrected chi connectivity index (χ0v) is 13.4. The van der Waals surface area contributed by atoms with Gasteiger partial charge in [-0.15, -0.1) is 11.8 Å². The fraction of sp³-hybridized carbons (Fsp3) is 0.467. The Kier molecular flexibility index (Phi) is 5.94. The second-order valence-electron chi connectivity index (χ2n) is 5.08. The highest BCUT2D eigenvalue weighted by atomic mass is 35.5. The molecule has 4 nitrogen and oxygen atoms in total. The van der Waals surface area contributed by atoms with E-state index in [1.807, 2.05) is 31.2 Å². The number of carbonyl (C=O) groups is 2. The molecule has 1 saturated carbocycles. The lowest BCUT2D eigenvalue weighted by Gasteiger charge is -2.06. The first-order valence-electron chi connectivity index (χ1n) is 6.88. The van der Waals surface area contributed by atoms with Gasteiger partial charge in [0.2, 0.25) is 0 Å². The summed E-state index contributed by atoms with van der Waals surface area (Å²) in [5.74, 6) is 0.636. The minimum atomic E-state index is -0.256. The van der Waals surface area contributed by atoms with Gasteiger partial charge in [0.15, 0.2) is 6.61 Å². The van der Waals surface area contributed by atoms with E-state index in [9.17, 15) is 9.59 Å². The molecule has 0 unspecified atom stereocenters. The van der Waals surface area contributed by atoms with Gasteiger partial charge in [0.05, 0.1) is 5.92 Å². The smallest absolute Gasteiger partial charge is 0.309 e. The molecular weight excluding hydrogens is 310 g/mol. The van der Waals surface area contributed by atoms with Crippen molar-refractivity contribution < 1.29 is 14.3 Å². The van der Waals surface area contributed by atoms with E-state index in [4.69, 9.17) is 16.3 Å². The van der Waals surface area contributed by atoms with E-state index in [2.05, 4.69) is 5.32 Å². The lowest BCUT2D eigenvalue weighted by molar-refractivity contribution is -0.150. The number of carbonyl (C=O) groups excluding carboxylic acids is 2. The molecule has 0 spiro atoms. The molecule has 0 radical (unpaired) electrons. The van der Waals surface area contributed by atoms with Gasteiger partial charge in [0.1, 0.15) is 0 Å². The average Bonchev–Trinajstić information content (AvgIpc) is 3.20. The van der Waals surface area contributed by atoms with E-state index in [-0.39, 0.29) is 24.4 Å². The first-order chi connectivity index (χ1) is 10.1. The highest BCUT2D eigenvalue weighted by Gasteiger charge is 2.40. The molecule has 0 aromatic heterocycles. The quantitative estimate of drug-likeness (QED) is 0.475. The standard InChI is InChI=1S/C15H18ClNO3S/c1-10-8-13(10)15(19)20-9-14(18)17-6-7-21-12-4-2-11(16)3-5-12/h2-5,10,13H,6-9H2,1H3,(H,17,18)/t10-,13-/m1/s1. The van der Waals surface area contributed by atoms with Crippen LogP contribution in [0.2, 0.25) is 5.02 Å². The van der Waals surface area contributed by atoms with Crippen molar-refractivity contribution in [2.45, 2.75) is 18.2 Å². The Morgan fingerprint density at radius 2 is 2.05 bits per heavy atom. The van der Waals surface area contributed by atoms with Crippen molar-refractivity contribution in [1.82, 2.24) is 5.32 Å². The summed E-state index contributed by atoms with van der Waals surface area (Å²) in [6, 6.07) is 7.54. The van der Waals surface area contributed by atoms with Gasteiger partial charge in [0.25, 0.3) is 5.91 Å². The Balaban J connectivity index is 1.54. The Labute approximate surface area is 133 Å². The van der Waals surface area contributed by atoms with E-state index >= 15 is 0 Å². The summed E-state index contributed by atoms with van der Waals surface area (Å²) in [4.78, 5) is 24.1. The minimum absolute atomic E-state index is 0.00161. The number of nitrogens with one attached hydrogen (secondary N) is 1. The van der Waals surface area contributed by atoms with Gasteiger partial charge in [-0.3, -0.25) is 9.59 Å². The Bertz CT molecular complexity index is 506. The van der Waals surface area contributed by atoms with Gasteiger partial charge < -0.3 is 10.1 Å². The van der Waals surface area contributed by atoms with Crippen LogP contribution in [0.15, 0.2) is 29.2 Å². The highest BCUT2D eigenvalue weighted by molar-refractivity contribution is 7.99. The average molecular weight is 328 g/mol. The van der Waals surface area contributed by atoms with E-state index in [0.29, 0.717) is 17.5 Å². The van der Waals surface area contributed by atoms with Crippen LogP contribution < -0.4 is 5.32 Å². The van der Waals surface area contributed by atoms with Crippen LogP contribution in [-0.2, 0) is 14.3 Å². The number of thioether (sulfide) groups is 1. The largest absolute Gasteiger partial charge is 0.455 e. The third-order valence-corrected chi connectivity index (χ3v) is 4.53. The van der Waals surface area contributed by atoms with Crippen LogP contribution >= 0.6 is 23.4 Å². The van der Waals surface area contributed by atoms with Gasteiger partial charge in [-0.2, -0.15) is 0 Å². The summed E-state index contributed by atoms with van der Waals surface area (Å²) in [6.07, 6.45) is 0.873. The van der Waals surface area contributed by atoms with Crippen LogP contribution in [0, 0.1) is 11.8 Å². The van der Waals surface area contributed by atoms with Crippen LogP contribution in [-0.4, -0.2) is 30.8 Å². The van der Waals surface area contributed by atoms with Crippen molar-refractivity contribution in [3.63, 3.8) is 0 Å². The minimum Gasteiger partial charge on any atom is -0.455 e. The molecule has 1 N–H and O–H groups in total. The maximum Gasteiger partial charge on any atom is 0.309 e. The number of ether oxygens (including phenoxy) is 1. The SMILES string of the molecule is C[C@@H]1C[C@H]1C(=O)OCC(=O)NCCSc1ccc(Cl)cc1. The number of esters is 1. The molecule has 1 aromatic carbocycles. The van der Waals surface area contributed by atoms with Gasteiger partial charge in [-0.05, 0) is 36.6 Å². The number of benzene rings is 1. The zero-order valence-electron chi connectivity index (χ0n) is 11.8. The number of hydrogen-bond acceptors (Lipinski definition) is 4. The lowest BCUT2D eigenvalue weighted by atomic mass is 10.3. The molecule has 114 valence electrons. The predicted octanol–water partition coefficient (Wildman–Crippen LogP) is 2.75. The molecule has 1 aliphatic rings. The Morgan fingerprint density at radius 1 is 1.38 bits per heavy atom. The van der Waals surface area contributed by atoms with E-state index in [1.54, 1.807) is 11.8 Å². The molecule has 1 fully saturated rings. The van der Waals surface area contributed by atoms with E-state index in [0.717, 1.165) is 17.1 Å². The van der Waals surface area contributed by atoms with Crippen molar-refractivity contribution >= 4 is 35.2 Å². The molecular formula is C15H18ClNO3S. The van der Waals surface area contributed by atoms with Crippen LogP contribution in [0.3, 0.4) is 0 Å². The van der Waals surface area contributed by atoms with Crippen LogP contribution in [0.5, 0.6) is 0 Å². The van der Waals surface area contributed by atoms with Gasteiger partial charge >= 0.3 is 5.97 Å². The lowest BCUT2D eigenvalue weighted by Crippen LogP contribution is -2.30. The third kappa shape index (κ3) is 5.59. The summed E-state index contributed by atoms with van der Waals surface area (Å²) >= 11 is 7.43. The maximum absolute atomic E-state index is 11.5. The molecule has 1 aliphatic carbocycles. The molecule has 0 saturated heterocycles. The van der Waals surface area contributed by atoms with Gasteiger partial charge in [-0.1, -0.05) is 18.5 Å². The summed E-state index contributed by atoms with van der Waals surface area (Å²) in [6.45, 7) is 2.34. The van der Waals surface area contributed by atoms with Crippen molar-refractivity contribution in [3.8, 4) is 0 Å². The van der Waals surface area contributed by atoms with Gasteiger partial charge in [0, 0.05) is 22.2 Å². The van der Waals surface area contributed by atoms with Crippen molar-refractivity contribution in [2.75, 3.05) is 18.9 Å². The van der Waals surface area contributed by atoms with Crippen molar-refractivity contribution in [2.24, 2.45) is 11.8 Å². The van der Waals surface area contributed by atoms with Crippen LogP contribution in [0.25, 0.3) is 0 Å². The molecule has 1 aromatic rings. The van der Waals surface area contributed by atoms with Crippen molar-refractivity contribution in [3.05, 3.63) is 29.3 Å². The fourth-order valence-corrected chi connectivity index (χ4v) is 2.73. The first kappa shape index (κ1) is 16.2. The number of amides is 1.